The largest absolute Gasteiger partial charge is 0.369 e. The molecule has 5 nitrogen and oxygen atoms in total. The number of amides is 2. The number of piperidine rings is 1. The third-order valence-corrected chi connectivity index (χ3v) is 3.77. The van der Waals surface area contributed by atoms with E-state index in [1.807, 2.05) is 0 Å². The Labute approximate surface area is 123 Å². The first-order chi connectivity index (χ1) is 10.0. The van der Waals surface area contributed by atoms with E-state index in [0.29, 0.717) is 18.7 Å². The quantitative estimate of drug-likeness (QED) is 0.860. The fraction of sp³-hybridized carbons (Fsp3) is 0.467. The number of rotatable bonds is 5. The predicted molar refractivity (Wildman–Crippen MR) is 78.0 cm³/mol. The van der Waals surface area contributed by atoms with E-state index in [0.717, 1.165) is 25.9 Å². The van der Waals surface area contributed by atoms with Crippen LogP contribution in [-0.2, 0) is 9.59 Å². The summed E-state index contributed by atoms with van der Waals surface area (Å²) in [7, 11) is 0. The molecule has 114 valence electrons. The van der Waals surface area contributed by atoms with Gasteiger partial charge in [-0.3, -0.25) is 9.59 Å². The second-order valence-electron chi connectivity index (χ2n) is 5.32. The SMILES string of the molecule is NC(=O)C1CCN(CCC(=O)Nc2ccc(F)cc2)CC1. The lowest BCUT2D eigenvalue weighted by Gasteiger charge is -2.30. The van der Waals surface area contributed by atoms with E-state index in [4.69, 9.17) is 5.73 Å². The Bertz CT molecular complexity index is 496. The van der Waals surface area contributed by atoms with E-state index in [1.165, 1.54) is 24.3 Å². The van der Waals surface area contributed by atoms with Crippen molar-refractivity contribution in [1.29, 1.82) is 0 Å². The van der Waals surface area contributed by atoms with Crippen LogP contribution in [0, 0.1) is 11.7 Å². The number of benzene rings is 1. The van der Waals surface area contributed by atoms with Crippen LogP contribution in [0.25, 0.3) is 0 Å². The third-order valence-electron chi connectivity index (χ3n) is 3.77. The molecule has 6 heteroatoms. The molecule has 0 spiro atoms. The van der Waals surface area contributed by atoms with Crippen molar-refractivity contribution in [3.63, 3.8) is 0 Å². The second kappa shape index (κ2) is 7.17. The van der Waals surface area contributed by atoms with Gasteiger partial charge in [0.05, 0.1) is 0 Å². The Balaban J connectivity index is 1.70. The first-order valence-electron chi connectivity index (χ1n) is 7.11. The second-order valence-corrected chi connectivity index (χ2v) is 5.32. The van der Waals surface area contributed by atoms with E-state index < -0.39 is 0 Å². The van der Waals surface area contributed by atoms with Crippen molar-refractivity contribution >= 4 is 17.5 Å². The lowest BCUT2D eigenvalue weighted by atomic mass is 9.96. The molecule has 0 bridgehead atoms. The van der Waals surface area contributed by atoms with Gasteiger partial charge in [-0.25, -0.2) is 4.39 Å². The molecule has 0 saturated carbocycles. The van der Waals surface area contributed by atoms with Crippen LogP contribution in [0.15, 0.2) is 24.3 Å². The number of hydrogen-bond acceptors (Lipinski definition) is 3. The van der Waals surface area contributed by atoms with Gasteiger partial charge in [-0.15, -0.1) is 0 Å². The molecule has 0 aromatic heterocycles. The first-order valence-corrected chi connectivity index (χ1v) is 7.11. The summed E-state index contributed by atoms with van der Waals surface area (Å²) in [5, 5.41) is 2.73. The molecule has 1 aromatic rings. The molecular formula is C15H20FN3O2. The Kier molecular flexibility index (Phi) is 5.27. The summed E-state index contributed by atoms with van der Waals surface area (Å²) in [6.07, 6.45) is 1.89. The average molecular weight is 293 g/mol. The summed E-state index contributed by atoms with van der Waals surface area (Å²) >= 11 is 0. The molecule has 3 N–H and O–H groups in total. The minimum atomic E-state index is -0.328. The molecule has 0 aliphatic carbocycles. The maximum Gasteiger partial charge on any atom is 0.225 e. The van der Waals surface area contributed by atoms with Gasteiger partial charge >= 0.3 is 0 Å². The first kappa shape index (κ1) is 15.4. The Morgan fingerprint density at radius 1 is 1.24 bits per heavy atom. The minimum Gasteiger partial charge on any atom is -0.369 e. The van der Waals surface area contributed by atoms with E-state index in [2.05, 4.69) is 10.2 Å². The van der Waals surface area contributed by atoms with Gasteiger partial charge < -0.3 is 16.0 Å². The molecule has 2 rings (SSSR count). The van der Waals surface area contributed by atoms with Crippen molar-refractivity contribution in [2.75, 3.05) is 25.0 Å². The lowest BCUT2D eigenvalue weighted by molar-refractivity contribution is -0.123. The van der Waals surface area contributed by atoms with Crippen LogP contribution in [0.1, 0.15) is 19.3 Å². The van der Waals surface area contributed by atoms with Gasteiger partial charge in [-0.05, 0) is 50.2 Å². The molecule has 1 aromatic carbocycles. The molecule has 1 aliphatic rings. The summed E-state index contributed by atoms with van der Waals surface area (Å²) in [4.78, 5) is 25.0. The highest BCUT2D eigenvalue weighted by atomic mass is 19.1. The number of nitrogens with two attached hydrogens (primary N) is 1. The highest BCUT2D eigenvalue weighted by Crippen LogP contribution is 2.16. The molecule has 0 radical (unpaired) electrons. The molecule has 1 aliphatic heterocycles. The smallest absolute Gasteiger partial charge is 0.225 e. The molecular weight excluding hydrogens is 273 g/mol. The molecule has 1 saturated heterocycles. The van der Waals surface area contributed by atoms with Gasteiger partial charge in [0.15, 0.2) is 0 Å². The summed E-state index contributed by atoms with van der Waals surface area (Å²) in [6.45, 7) is 2.23. The molecule has 1 heterocycles. The number of carbonyl (C=O) groups excluding carboxylic acids is 2. The standard InChI is InChI=1S/C15H20FN3O2/c16-12-1-3-13(4-2-12)18-14(20)7-10-19-8-5-11(6-9-19)15(17)21/h1-4,11H,5-10H2,(H2,17,21)(H,18,20). The Hall–Kier alpha value is -1.95. The Morgan fingerprint density at radius 3 is 2.43 bits per heavy atom. The number of primary amides is 1. The van der Waals surface area contributed by atoms with Crippen molar-refractivity contribution in [3.05, 3.63) is 30.1 Å². The Morgan fingerprint density at radius 2 is 1.86 bits per heavy atom. The zero-order chi connectivity index (χ0) is 15.2. The van der Waals surface area contributed by atoms with Crippen LogP contribution in [0.3, 0.4) is 0 Å². The number of likely N-dealkylation sites (tertiary alicyclic amines) is 1. The fourth-order valence-corrected chi connectivity index (χ4v) is 2.46. The number of nitrogens with one attached hydrogen (secondary N) is 1. The fourth-order valence-electron chi connectivity index (χ4n) is 2.46. The van der Waals surface area contributed by atoms with Crippen molar-refractivity contribution in [1.82, 2.24) is 4.90 Å². The van der Waals surface area contributed by atoms with E-state index in [1.54, 1.807) is 0 Å². The highest BCUT2D eigenvalue weighted by Gasteiger charge is 2.23. The summed E-state index contributed by atoms with van der Waals surface area (Å²) in [6, 6.07) is 5.69. The zero-order valence-corrected chi connectivity index (χ0v) is 11.8. The average Bonchev–Trinajstić information content (AvgIpc) is 2.48. The molecule has 0 atom stereocenters. The molecule has 0 unspecified atom stereocenters. The van der Waals surface area contributed by atoms with Crippen molar-refractivity contribution in [2.45, 2.75) is 19.3 Å². The van der Waals surface area contributed by atoms with Gasteiger partial charge in [0.25, 0.3) is 0 Å². The normalized spacial score (nSPS) is 16.6. The van der Waals surface area contributed by atoms with Gasteiger partial charge in [0, 0.05) is 24.6 Å². The monoisotopic (exact) mass is 293 g/mol. The number of nitrogens with zero attached hydrogens (tertiary/aromatic N) is 1. The minimum absolute atomic E-state index is 0.0331. The highest BCUT2D eigenvalue weighted by molar-refractivity contribution is 5.90. The van der Waals surface area contributed by atoms with E-state index in [-0.39, 0.29) is 23.5 Å². The van der Waals surface area contributed by atoms with Crippen molar-refractivity contribution in [3.8, 4) is 0 Å². The van der Waals surface area contributed by atoms with Crippen molar-refractivity contribution in [2.24, 2.45) is 11.7 Å². The van der Waals surface area contributed by atoms with Gasteiger partial charge in [0.1, 0.15) is 5.82 Å². The number of halogens is 1. The van der Waals surface area contributed by atoms with Crippen LogP contribution >= 0.6 is 0 Å². The van der Waals surface area contributed by atoms with Crippen LogP contribution in [0.2, 0.25) is 0 Å². The summed E-state index contributed by atoms with van der Waals surface area (Å²) < 4.78 is 12.8. The molecule has 21 heavy (non-hydrogen) atoms. The number of hydrogen-bond donors (Lipinski definition) is 2. The third kappa shape index (κ3) is 4.82. The maximum atomic E-state index is 12.8. The molecule has 2 amide bonds. The van der Waals surface area contributed by atoms with Crippen LogP contribution in [0.4, 0.5) is 10.1 Å². The summed E-state index contributed by atoms with van der Waals surface area (Å²) in [5.41, 5.74) is 5.87. The summed E-state index contributed by atoms with van der Waals surface area (Å²) in [5.74, 6) is -0.693. The maximum absolute atomic E-state index is 12.8. The van der Waals surface area contributed by atoms with Gasteiger partial charge in [-0.2, -0.15) is 0 Å². The van der Waals surface area contributed by atoms with Gasteiger partial charge in [-0.1, -0.05) is 0 Å². The van der Waals surface area contributed by atoms with Crippen LogP contribution in [-0.4, -0.2) is 36.3 Å². The number of anilines is 1. The van der Waals surface area contributed by atoms with Gasteiger partial charge in [0.2, 0.25) is 11.8 Å². The predicted octanol–water partition coefficient (Wildman–Crippen LogP) is 1.35. The van der Waals surface area contributed by atoms with E-state index >= 15 is 0 Å². The number of carbonyl (C=O) groups is 2. The van der Waals surface area contributed by atoms with Crippen LogP contribution in [0.5, 0.6) is 0 Å². The molecule has 1 fully saturated rings. The lowest BCUT2D eigenvalue weighted by Crippen LogP contribution is -2.39. The van der Waals surface area contributed by atoms with E-state index in [9.17, 15) is 14.0 Å². The zero-order valence-electron chi connectivity index (χ0n) is 11.8. The topological polar surface area (TPSA) is 75.4 Å². The van der Waals surface area contributed by atoms with Crippen molar-refractivity contribution < 1.29 is 14.0 Å². The van der Waals surface area contributed by atoms with Crippen LogP contribution < -0.4 is 11.1 Å².